The number of rotatable bonds is 3. The van der Waals surface area contributed by atoms with Gasteiger partial charge >= 0.3 is 0 Å². The van der Waals surface area contributed by atoms with E-state index in [9.17, 15) is 0 Å². The minimum absolute atomic E-state index is 0.820. The van der Waals surface area contributed by atoms with Crippen LogP contribution < -0.4 is 0 Å². The molecule has 98 valence electrons. The first-order chi connectivity index (χ1) is 8.11. The molecule has 0 N–H and O–H groups in total. The Bertz CT molecular complexity index is 276. The maximum absolute atomic E-state index is 2.62. The second-order valence-corrected chi connectivity index (χ2v) is 6.83. The van der Waals surface area contributed by atoms with Gasteiger partial charge in [-0.1, -0.05) is 58.6 Å². The Morgan fingerprint density at radius 3 is 2.59 bits per heavy atom. The molecule has 0 nitrogen and oxygen atoms in total. The zero-order valence-corrected chi connectivity index (χ0v) is 12.2. The summed E-state index contributed by atoms with van der Waals surface area (Å²) >= 11 is 0. The van der Waals surface area contributed by atoms with E-state index in [4.69, 9.17) is 0 Å². The van der Waals surface area contributed by atoms with Crippen molar-refractivity contribution in [2.45, 2.75) is 66.2 Å². The fraction of sp³-hybridized carbons (Fsp3) is 0.882. The molecule has 17 heavy (non-hydrogen) atoms. The average Bonchev–Trinajstić information content (AvgIpc) is 2.29. The van der Waals surface area contributed by atoms with E-state index in [1.165, 1.54) is 38.5 Å². The summed E-state index contributed by atoms with van der Waals surface area (Å²) in [6, 6.07) is 0. The van der Waals surface area contributed by atoms with Crippen molar-refractivity contribution in [1.29, 1.82) is 0 Å². The third kappa shape index (κ3) is 2.95. The fourth-order valence-electron chi connectivity index (χ4n) is 3.94. The van der Waals surface area contributed by atoms with Gasteiger partial charge in [0.25, 0.3) is 0 Å². The van der Waals surface area contributed by atoms with Crippen LogP contribution in [0.25, 0.3) is 0 Å². The van der Waals surface area contributed by atoms with E-state index in [0.29, 0.717) is 0 Å². The highest BCUT2D eigenvalue weighted by atomic mass is 14.4. The first-order valence-corrected chi connectivity index (χ1v) is 7.82. The van der Waals surface area contributed by atoms with Crippen molar-refractivity contribution >= 4 is 0 Å². The topological polar surface area (TPSA) is 0 Å². The second kappa shape index (κ2) is 5.59. The maximum Gasteiger partial charge on any atom is -0.0198 e. The van der Waals surface area contributed by atoms with Gasteiger partial charge in [0, 0.05) is 0 Å². The summed E-state index contributed by atoms with van der Waals surface area (Å²) < 4.78 is 0. The summed E-state index contributed by atoms with van der Waals surface area (Å²) in [5, 5.41) is 0. The summed E-state index contributed by atoms with van der Waals surface area (Å²) in [4.78, 5) is 0. The molecule has 0 aromatic rings. The zero-order valence-electron chi connectivity index (χ0n) is 12.2. The van der Waals surface area contributed by atoms with Gasteiger partial charge in [-0.15, -0.1) is 0 Å². The van der Waals surface area contributed by atoms with Crippen LogP contribution in [0.2, 0.25) is 0 Å². The number of unbranched alkanes of at least 4 members (excludes halogenated alkanes) is 1. The van der Waals surface area contributed by atoms with Gasteiger partial charge in [0.1, 0.15) is 0 Å². The van der Waals surface area contributed by atoms with Gasteiger partial charge in [-0.25, -0.2) is 0 Å². The third-order valence-electron chi connectivity index (χ3n) is 5.43. The Hall–Kier alpha value is -0.260. The predicted molar refractivity (Wildman–Crippen MR) is 75.9 cm³/mol. The lowest BCUT2D eigenvalue weighted by atomic mass is 9.64. The molecule has 1 saturated carbocycles. The summed E-state index contributed by atoms with van der Waals surface area (Å²) in [5.74, 6) is 4.62. The number of hydrogen-bond donors (Lipinski definition) is 0. The van der Waals surface area contributed by atoms with Crippen LogP contribution in [0, 0.1) is 29.6 Å². The molecule has 0 aromatic carbocycles. The van der Waals surface area contributed by atoms with Crippen LogP contribution in [0.1, 0.15) is 66.2 Å². The van der Waals surface area contributed by atoms with E-state index in [2.05, 4.69) is 33.8 Å². The Morgan fingerprint density at radius 1 is 1.12 bits per heavy atom. The molecule has 2 aliphatic carbocycles. The van der Waals surface area contributed by atoms with Gasteiger partial charge in [0.15, 0.2) is 0 Å². The minimum atomic E-state index is 0.820. The summed E-state index contributed by atoms with van der Waals surface area (Å²) in [7, 11) is 0. The molecule has 0 amide bonds. The molecular weight excluding hydrogens is 204 g/mol. The number of hydrogen-bond acceptors (Lipinski definition) is 0. The average molecular weight is 234 g/mol. The highest BCUT2D eigenvalue weighted by Gasteiger charge is 2.34. The molecule has 1 fully saturated rings. The molecule has 0 radical (unpaired) electrons. The Balaban J connectivity index is 2.01. The molecule has 2 rings (SSSR count). The summed E-state index contributed by atoms with van der Waals surface area (Å²) in [5.41, 5.74) is 1.82. The van der Waals surface area contributed by atoms with E-state index in [-0.39, 0.29) is 0 Å². The van der Waals surface area contributed by atoms with E-state index in [1.54, 1.807) is 0 Å². The lowest BCUT2D eigenvalue weighted by Gasteiger charge is -2.41. The highest BCUT2D eigenvalue weighted by molar-refractivity contribution is 5.16. The van der Waals surface area contributed by atoms with Crippen molar-refractivity contribution in [3.8, 4) is 0 Å². The molecule has 2 aliphatic rings. The first kappa shape index (κ1) is 13.2. The molecular formula is C17H30. The van der Waals surface area contributed by atoms with Gasteiger partial charge in [0.05, 0.1) is 0 Å². The summed E-state index contributed by atoms with van der Waals surface area (Å²) in [6.07, 6.45) is 11.2. The first-order valence-electron chi connectivity index (χ1n) is 7.82. The van der Waals surface area contributed by atoms with Crippen molar-refractivity contribution in [3.05, 3.63) is 11.6 Å². The Labute approximate surface area is 108 Å². The van der Waals surface area contributed by atoms with Gasteiger partial charge in [-0.2, -0.15) is 0 Å². The molecule has 0 heteroatoms. The van der Waals surface area contributed by atoms with Crippen molar-refractivity contribution in [2.24, 2.45) is 29.6 Å². The molecule has 0 heterocycles. The monoisotopic (exact) mass is 234 g/mol. The quantitative estimate of drug-likeness (QED) is 0.570. The zero-order chi connectivity index (χ0) is 12.4. The van der Waals surface area contributed by atoms with Crippen LogP contribution in [-0.2, 0) is 0 Å². The number of allylic oxidation sites excluding steroid dienone is 2. The smallest absolute Gasteiger partial charge is 0.0198 e. The molecule has 0 aliphatic heterocycles. The van der Waals surface area contributed by atoms with E-state index < -0.39 is 0 Å². The van der Waals surface area contributed by atoms with Crippen LogP contribution in [-0.4, -0.2) is 0 Å². The van der Waals surface area contributed by atoms with Crippen LogP contribution in [0.5, 0.6) is 0 Å². The van der Waals surface area contributed by atoms with E-state index in [0.717, 1.165) is 29.6 Å². The van der Waals surface area contributed by atoms with Crippen LogP contribution in [0.4, 0.5) is 0 Å². The van der Waals surface area contributed by atoms with Crippen molar-refractivity contribution < 1.29 is 0 Å². The van der Waals surface area contributed by atoms with E-state index >= 15 is 0 Å². The van der Waals surface area contributed by atoms with Crippen LogP contribution in [0.3, 0.4) is 0 Å². The van der Waals surface area contributed by atoms with Crippen LogP contribution in [0.15, 0.2) is 11.6 Å². The lowest BCUT2D eigenvalue weighted by Crippen LogP contribution is -2.30. The fourth-order valence-corrected chi connectivity index (χ4v) is 3.94. The van der Waals surface area contributed by atoms with Gasteiger partial charge in [-0.05, 0) is 48.9 Å². The summed E-state index contributed by atoms with van der Waals surface area (Å²) in [6.45, 7) is 9.65. The lowest BCUT2D eigenvalue weighted by molar-refractivity contribution is 0.189. The second-order valence-electron chi connectivity index (χ2n) is 6.83. The normalized spacial score (nSPS) is 41.9. The minimum Gasteiger partial charge on any atom is -0.0819 e. The van der Waals surface area contributed by atoms with Gasteiger partial charge in [-0.3, -0.25) is 0 Å². The van der Waals surface area contributed by atoms with Crippen molar-refractivity contribution in [3.63, 3.8) is 0 Å². The molecule has 0 saturated heterocycles. The third-order valence-corrected chi connectivity index (χ3v) is 5.43. The molecule has 0 spiro atoms. The number of fused-ring (bicyclic) bond motifs is 1. The highest BCUT2D eigenvalue weighted by Crippen LogP contribution is 2.46. The standard InChI is InChI=1S/C17H30/c1-5-6-7-15-11-17-9-13(3)12(2)8-16(17)10-14(15)4/h8,12-15,17H,5-7,9-11H2,1-4H3. The Kier molecular flexibility index (Phi) is 4.33. The SMILES string of the molecule is CCCCC1CC2CC(C)C(C)C=C2CC1C. The Morgan fingerprint density at radius 2 is 1.88 bits per heavy atom. The molecule has 0 bridgehead atoms. The van der Waals surface area contributed by atoms with Crippen LogP contribution >= 0.6 is 0 Å². The van der Waals surface area contributed by atoms with Crippen molar-refractivity contribution in [1.82, 2.24) is 0 Å². The van der Waals surface area contributed by atoms with Gasteiger partial charge < -0.3 is 0 Å². The maximum atomic E-state index is 2.62. The molecule has 5 atom stereocenters. The van der Waals surface area contributed by atoms with Gasteiger partial charge in [0.2, 0.25) is 0 Å². The largest absolute Gasteiger partial charge is 0.0819 e. The predicted octanol–water partition coefficient (Wildman–Crippen LogP) is 5.44. The van der Waals surface area contributed by atoms with E-state index in [1.807, 2.05) is 5.57 Å². The molecule has 5 unspecified atom stereocenters. The van der Waals surface area contributed by atoms with Crippen molar-refractivity contribution in [2.75, 3.05) is 0 Å². The molecule has 0 aromatic heterocycles.